The van der Waals surface area contributed by atoms with Crippen LogP contribution in [0, 0.1) is 0 Å². The van der Waals surface area contributed by atoms with Gasteiger partial charge in [-0.2, -0.15) is 0 Å². The van der Waals surface area contributed by atoms with E-state index in [9.17, 15) is 9.59 Å². The van der Waals surface area contributed by atoms with Gasteiger partial charge in [-0.15, -0.1) is 0 Å². The van der Waals surface area contributed by atoms with Crippen LogP contribution in [0.15, 0.2) is 60.8 Å². The normalized spacial score (nSPS) is 10.2. The number of carbonyl (C=O) groups is 2. The summed E-state index contributed by atoms with van der Waals surface area (Å²) < 4.78 is 0. The molecule has 0 atom stereocenters. The predicted molar refractivity (Wildman–Crippen MR) is 110 cm³/mol. The van der Waals surface area contributed by atoms with Crippen LogP contribution in [0.25, 0.3) is 0 Å². The van der Waals surface area contributed by atoms with E-state index in [2.05, 4.69) is 25.9 Å². The van der Waals surface area contributed by atoms with E-state index in [1.165, 1.54) is 19.2 Å². The Hall–Kier alpha value is -3.45. The molecule has 1 aromatic heterocycles. The molecule has 0 aliphatic rings. The summed E-state index contributed by atoms with van der Waals surface area (Å²) in [6.45, 7) is 1.87. The van der Waals surface area contributed by atoms with Crippen LogP contribution >= 0.6 is 11.6 Å². The van der Waals surface area contributed by atoms with E-state index in [-0.39, 0.29) is 17.5 Å². The lowest BCUT2D eigenvalue weighted by Gasteiger charge is -2.09. The molecule has 3 N–H and O–H groups in total. The second-order valence-electron chi connectivity index (χ2n) is 5.92. The number of halogens is 1. The van der Waals surface area contributed by atoms with Crippen molar-refractivity contribution in [2.75, 3.05) is 16.0 Å². The molecule has 0 radical (unpaired) electrons. The number of anilines is 3. The Morgan fingerprint density at radius 1 is 0.964 bits per heavy atom. The van der Waals surface area contributed by atoms with Crippen LogP contribution in [-0.2, 0) is 11.3 Å². The fourth-order valence-corrected chi connectivity index (χ4v) is 2.62. The van der Waals surface area contributed by atoms with Crippen LogP contribution in [0.1, 0.15) is 23.0 Å². The lowest BCUT2D eigenvalue weighted by molar-refractivity contribution is -0.114. The summed E-state index contributed by atoms with van der Waals surface area (Å²) in [6.07, 6.45) is 1.51. The van der Waals surface area contributed by atoms with Crippen LogP contribution in [0.3, 0.4) is 0 Å². The first kappa shape index (κ1) is 19.3. The molecule has 3 rings (SSSR count). The zero-order chi connectivity index (χ0) is 19.9. The predicted octanol–water partition coefficient (Wildman–Crippen LogP) is 3.95. The van der Waals surface area contributed by atoms with Crippen LogP contribution in [0.2, 0.25) is 5.02 Å². The highest BCUT2D eigenvalue weighted by Gasteiger charge is 2.10. The molecular formula is C20H18ClN5O2. The summed E-state index contributed by atoms with van der Waals surface area (Å²) in [5.41, 5.74) is 2.37. The second kappa shape index (κ2) is 8.96. The zero-order valence-electron chi connectivity index (χ0n) is 15.1. The van der Waals surface area contributed by atoms with Crippen molar-refractivity contribution >= 4 is 40.7 Å². The van der Waals surface area contributed by atoms with E-state index in [4.69, 9.17) is 11.6 Å². The summed E-state index contributed by atoms with van der Waals surface area (Å²) in [6, 6.07) is 15.8. The van der Waals surface area contributed by atoms with Crippen molar-refractivity contribution in [1.29, 1.82) is 0 Å². The summed E-state index contributed by atoms with van der Waals surface area (Å²) in [4.78, 5) is 31.8. The third-order valence-electron chi connectivity index (χ3n) is 3.75. The number of amides is 2. The van der Waals surface area contributed by atoms with E-state index in [1.54, 1.807) is 30.3 Å². The molecule has 0 bridgehead atoms. The Bertz CT molecular complexity index is 992. The van der Waals surface area contributed by atoms with Crippen LogP contribution in [0.5, 0.6) is 0 Å². The topological polar surface area (TPSA) is 96.0 Å². The van der Waals surface area contributed by atoms with Crippen molar-refractivity contribution in [1.82, 2.24) is 9.97 Å². The molecule has 28 heavy (non-hydrogen) atoms. The molecule has 3 aromatic rings. The quantitative estimate of drug-likeness (QED) is 0.587. The highest BCUT2D eigenvalue weighted by molar-refractivity contribution is 6.31. The number of hydrogen-bond acceptors (Lipinski definition) is 5. The van der Waals surface area contributed by atoms with E-state index < -0.39 is 0 Å². The number of carbonyl (C=O) groups excluding carboxylic acids is 2. The van der Waals surface area contributed by atoms with Crippen molar-refractivity contribution in [3.63, 3.8) is 0 Å². The molecule has 7 nitrogen and oxygen atoms in total. The molecule has 0 spiro atoms. The van der Waals surface area contributed by atoms with E-state index in [1.807, 2.05) is 18.2 Å². The lowest BCUT2D eigenvalue weighted by Crippen LogP contribution is -2.15. The Morgan fingerprint density at radius 2 is 1.64 bits per heavy atom. The first-order chi connectivity index (χ1) is 13.5. The number of nitrogens with zero attached hydrogens (tertiary/aromatic N) is 2. The summed E-state index contributed by atoms with van der Waals surface area (Å²) in [7, 11) is 0. The van der Waals surface area contributed by atoms with Gasteiger partial charge in [0.25, 0.3) is 5.91 Å². The van der Waals surface area contributed by atoms with E-state index >= 15 is 0 Å². The SMILES string of the molecule is CC(=O)Nc1ccc(NC(=O)c2ccnc(NCc3ccccc3Cl)n2)cc1. The molecule has 0 fully saturated rings. The van der Waals surface area contributed by atoms with Gasteiger partial charge in [0.15, 0.2) is 0 Å². The second-order valence-corrected chi connectivity index (χ2v) is 6.33. The average molecular weight is 396 g/mol. The molecule has 142 valence electrons. The van der Waals surface area contributed by atoms with Gasteiger partial charge in [-0.25, -0.2) is 9.97 Å². The van der Waals surface area contributed by atoms with Gasteiger partial charge in [0, 0.05) is 36.1 Å². The monoisotopic (exact) mass is 395 g/mol. The molecular weight excluding hydrogens is 378 g/mol. The summed E-state index contributed by atoms with van der Waals surface area (Å²) in [5.74, 6) is -0.196. The molecule has 0 unspecified atom stereocenters. The number of benzene rings is 2. The van der Waals surface area contributed by atoms with Crippen LogP contribution in [-0.4, -0.2) is 21.8 Å². The van der Waals surface area contributed by atoms with Gasteiger partial charge >= 0.3 is 0 Å². The van der Waals surface area contributed by atoms with Gasteiger partial charge in [0.05, 0.1) is 0 Å². The standard InChI is InChI=1S/C20H18ClN5O2/c1-13(27)24-15-6-8-16(9-7-15)25-19(28)18-10-11-22-20(26-18)23-12-14-4-2-3-5-17(14)21/h2-11H,12H2,1H3,(H,24,27)(H,25,28)(H,22,23,26). The van der Waals surface area contributed by atoms with Crippen molar-refractivity contribution < 1.29 is 9.59 Å². The minimum absolute atomic E-state index is 0.158. The summed E-state index contributed by atoms with van der Waals surface area (Å²) in [5, 5.41) is 9.13. The average Bonchev–Trinajstić information content (AvgIpc) is 2.69. The smallest absolute Gasteiger partial charge is 0.274 e. The lowest BCUT2D eigenvalue weighted by atomic mass is 10.2. The maximum Gasteiger partial charge on any atom is 0.274 e. The summed E-state index contributed by atoms with van der Waals surface area (Å²) >= 11 is 6.13. The molecule has 8 heteroatoms. The van der Waals surface area contributed by atoms with Crippen molar-refractivity contribution in [2.24, 2.45) is 0 Å². The first-order valence-electron chi connectivity index (χ1n) is 8.50. The van der Waals surface area contributed by atoms with E-state index in [0.717, 1.165) is 5.56 Å². The van der Waals surface area contributed by atoms with Gasteiger partial charge in [0.2, 0.25) is 11.9 Å². The molecule has 2 aromatic carbocycles. The third kappa shape index (κ3) is 5.28. The molecule has 2 amide bonds. The van der Waals surface area contributed by atoms with Gasteiger partial charge in [-0.1, -0.05) is 29.8 Å². The number of rotatable bonds is 6. The Labute approximate surface area is 167 Å². The minimum atomic E-state index is -0.365. The molecule has 1 heterocycles. The maximum atomic E-state index is 12.4. The first-order valence-corrected chi connectivity index (χ1v) is 8.88. The minimum Gasteiger partial charge on any atom is -0.350 e. The Morgan fingerprint density at radius 3 is 2.32 bits per heavy atom. The third-order valence-corrected chi connectivity index (χ3v) is 4.11. The Kier molecular flexibility index (Phi) is 6.18. The maximum absolute atomic E-state index is 12.4. The van der Waals surface area contributed by atoms with Gasteiger partial charge in [-0.3, -0.25) is 9.59 Å². The van der Waals surface area contributed by atoms with Crippen LogP contribution in [0.4, 0.5) is 17.3 Å². The number of aromatic nitrogens is 2. The highest BCUT2D eigenvalue weighted by Crippen LogP contribution is 2.17. The molecule has 0 saturated carbocycles. The zero-order valence-corrected chi connectivity index (χ0v) is 15.8. The number of nitrogens with one attached hydrogen (secondary N) is 3. The van der Waals surface area contributed by atoms with Gasteiger partial charge < -0.3 is 16.0 Å². The van der Waals surface area contributed by atoms with Crippen LogP contribution < -0.4 is 16.0 Å². The molecule has 0 aliphatic carbocycles. The van der Waals surface area contributed by atoms with Crippen molar-refractivity contribution in [3.8, 4) is 0 Å². The number of hydrogen-bond donors (Lipinski definition) is 3. The molecule has 0 saturated heterocycles. The Balaban J connectivity index is 1.63. The van der Waals surface area contributed by atoms with E-state index in [0.29, 0.717) is 28.9 Å². The fraction of sp³-hybridized carbons (Fsp3) is 0.100. The van der Waals surface area contributed by atoms with Gasteiger partial charge in [0.1, 0.15) is 5.69 Å². The largest absolute Gasteiger partial charge is 0.350 e. The molecule has 0 aliphatic heterocycles. The fourth-order valence-electron chi connectivity index (χ4n) is 2.42. The van der Waals surface area contributed by atoms with Crippen molar-refractivity contribution in [3.05, 3.63) is 77.1 Å². The van der Waals surface area contributed by atoms with Crippen molar-refractivity contribution in [2.45, 2.75) is 13.5 Å². The highest BCUT2D eigenvalue weighted by atomic mass is 35.5. The van der Waals surface area contributed by atoms with Gasteiger partial charge in [-0.05, 0) is 42.0 Å².